The van der Waals surface area contributed by atoms with Crippen LogP contribution >= 0.6 is 23.7 Å². The highest BCUT2D eigenvalue weighted by Crippen LogP contribution is 2.32. The Labute approximate surface area is 168 Å². The summed E-state index contributed by atoms with van der Waals surface area (Å²) in [4.78, 5) is 19.6. The van der Waals surface area contributed by atoms with Crippen molar-refractivity contribution in [1.29, 1.82) is 0 Å². The average molecular weight is 426 g/mol. The molecule has 3 aromatic heterocycles. The molecule has 6 nitrogen and oxygen atoms in total. The van der Waals surface area contributed by atoms with Crippen molar-refractivity contribution in [3.05, 3.63) is 69.9 Å². The minimum atomic E-state index is -3.63. The highest BCUT2D eigenvalue weighted by atomic mass is 35.5. The molecule has 0 fully saturated rings. The second kappa shape index (κ2) is 8.79. The number of nitrogens with zero attached hydrogens (tertiary/aromatic N) is 1. The number of rotatable bonds is 6. The Bertz CT molecular complexity index is 1080. The quantitative estimate of drug-likeness (QED) is 0.634. The van der Waals surface area contributed by atoms with Crippen LogP contribution in [0, 0.1) is 6.92 Å². The third kappa shape index (κ3) is 4.84. The van der Waals surface area contributed by atoms with Gasteiger partial charge in [-0.15, -0.1) is 23.7 Å². The van der Waals surface area contributed by atoms with Gasteiger partial charge in [-0.3, -0.25) is 9.78 Å². The van der Waals surface area contributed by atoms with Crippen LogP contribution in [0.4, 0.5) is 0 Å². The minimum Gasteiger partial charge on any atom is -0.326 e. The van der Waals surface area contributed by atoms with Gasteiger partial charge in [0.2, 0.25) is 10.0 Å². The maximum absolute atomic E-state index is 12.5. The number of aromatic nitrogens is 2. The monoisotopic (exact) mass is 425 g/mol. The fourth-order valence-corrected chi connectivity index (χ4v) is 4.96. The van der Waals surface area contributed by atoms with Crippen LogP contribution in [0.3, 0.4) is 0 Å². The molecule has 27 heavy (non-hydrogen) atoms. The Balaban J connectivity index is 0.00000261. The number of H-pyrrole nitrogens is 1. The topological polar surface area (TPSA) is 91.9 Å². The van der Waals surface area contributed by atoms with E-state index in [1.165, 1.54) is 11.3 Å². The van der Waals surface area contributed by atoms with E-state index < -0.39 is 10.0 Å². The van der Waals surface area contributed by atoms with Gasteiger partial charge in [0, 0.05) is 27.9 Å². The highest BCUT2D eigenvalue weighted by Gasteiger charge is 2.18. The Hall–Kier alpha value is -2.00. The number of aromatic amines is 1. The Morgan fingerprint density at radius 3 is 2.67 bits per heavy atom. The van der Waals surface area contributed by atoms with Gasteiger partial charge in [-0.25, -0.2) is 13.1 Å². The van der Waals surface area contributed by atoms with E-state index in [1.807, 2.05) is 26.0 Å². The van der Waals surface area contributed by atoms with E-state index in [9.17, 15) is 13.2 Å². The summed E-state index contributed by atoms with van der Waals surface area (Å²) in [5, 5.41) is 0. The predicted molar refractivity (Wildman–Crippen MR) is 110 cm³/mol. The number of pyridine rings is 2. The second-order valence-corrected chi connectivity index (χ2v) is 8.86. The zero-order valence-corrected chi connectivity index (χ0v) is 17.3. The lowest BCUT2D eigenvalue weighted by Crippen LogP contribution is -2.22. The van der Waals surface area contributed by atoms with Gasteiger partial charge < -0.3 is 4.98 Å². The van der Waals surface area contributed by atoms with Gasteiger partial charge in [0.1, 0.15) is 4.21 Å². The fourth-order valence-electron chi connectivity index (χ4n) is 2.54. The molecule has 0 bridgehead atoms. The van der Waals surface area contributed by atoms with Crippen LogP contribution in [-0.4, -0.2) is 18.4 Å². The SMILES string of the molecule is CCc1cc(-c2ccc(S(=O)(=O)NCc3ccccn3)s2)c(C)[nH]c1=O.Cl. The summed E-state index contributed by atoms with van der Waals surface area (Å²) in [6.45, 7) is 3.85. The molecule has 0 aliphatic rings. The molecule has 3 heterocycles. The molecule has 0 aromatic carbocycles. The van der Waals surface area contributed by atoms with Crippen molar-refractivity contribution in [3.63, 3.8) is 0 Å². The van der Waals surface area contributed by atoms with Crippen molar-refractivity contribution in [2.75, 3.05) is 0 Å². The van der Waals surface area contributed by atoms with E-state index in [-0.39, 0.29) is 28.7 Å². The number of nitrogens with one attached hydrogen (secondary N) is 2. The number of hydrogen-bond acceptors (Lipinski definition) is 5. The molecule has 0 spiro atoms. The summed E-state index contributed by atoms with van der Waals surface area (Å²) >= 11 is 1.17. The van der Waals surface area contributed by atoms with Crippen LogP contribution < -0.4 is 10.3 Å². The van der Waals surface area contributed by atoms with E-state index >= 15 is 0 Å². The van der Waals surface area contributed by atoms with E-state index in [1.54, 1.807) is 30.5 Å². The summed E-state index contributed by atoms with van der Waals surface area (Å²) in [5.74, 6) is 0. The van der Waals surface area contributed by atoms with Gasteiger partial charge in [0.05, 0.1) is 12.2 Å². The maximum Gasteiger partial charge on any atom is 0.251 e. The Morgan fingerprint density at radius 1 is 1.22 bits per heavy atom. The molecule has 2 N–H and O–H groups in total. The molecule has 0 saturated heterocycles. The van der Waals surface area contributed by atoms with E-state index in [2.05, 4.69) is 14.7 Å². The lowest BCUT2D eigenvalue weighted by atomic mass is 10.1. The summed E-state index contributed by atoms with van der Waals surface area (Å²) in [6, 6.07) is 10.5. The van der Waals surface area contributed by atoms with Gasteiger partial charge in [-0.2, -0.15) is 0 Å². The third-order valence-electron chi connectivity index (χ3n) is 3.98. The first-order chi connectivity index (χ1) is 12.4. The molecule has 9 heteroatoms. The van der Waals surface area contributed by atoms with Gasteiger partial charge in [-0.1, -0.05) is 13.0 Å². The maximum atomic E-state index is 12.5. The highest BCUT2D eigenvalue weighted by molar-refractivity contribution is 7.91. The molecule has 0 saturated carbocycles. The summed E-state index contributed by atoms with van der Waals surface area (Å²) < 4.78 is 27.8. The molecule has 0 atom stereocenters. The first kappa shape index (κ1) is 21.3. The summed E-state index contributed by atoms with van der Waals surface area (Å²) in [6.07, 6.45) is 2.24. The predicted octanol–water partition coefficient (Wildman–Crippen LogP) is 3.27. The van der Waals surface area contributed by atoms with Crippen LogP contribution in [0.25, 0.3) is 10.4 Å². The zero-order valence-electron chi connectivity index (χ0n) is 14.9. The molecule has 0 aliphatic carbocycles. The van der Waals surface area contributed by atoms with Crippen molar-refractivity contribution >= 4 is 33.8 Å². The molecule has 3 rings (SSSR count). The molecule has 0 unspecified atom stereocenters. The lowest BCUT2D eigenvalue weighted by Gasteiger charge is -2.06. The van der Waals surface area contributed by atoms with Crippen molar-refractivity contribution in [3.8, 4) is 10.4 Å². The largest absolute Gasteiger partial charge is 0.326 e. The summed E-state index contributed by atoms with van der Waals surface area (Å²) in [7, 11) is -3.63. The van der Waals surface area contributed by atoms with Crippen molar-refractivity contribution in [1.82, 2.24) is 14.7 Å². The second-order valence-electron chi connectivity index (χ2n) is 5.78. The number of hydrogen-bond donors (Lipinski definition) is 2. The third-order valence-corrected chi connectivity index (χ3v) is 6.99. The molecule has 3 aromatic rings. The number of thiophene rings is 1. The molecular weight excluding hydrogens is 406 g/mol. The first-order valence-corrected chi connectivity index (χ1v) is 10.4. The van der Waals surface area contributed by atoms with Crippen LogP contribution in [-0.2, 0) is 23.0 Å². The van der Waals surface area contributed by atoms with Gasteiger partial charge in [0.25, 0.3) is 5.56 Å². The van der Waals surface area contributed by atoms with Crippen LogP contribution in [0.15, 0.2) is 51.6 Å². The number of sulfonamides is 1. The molecule has 0 amide bonds. The fraction of sp³-hybridized carbons (Fsp3) is 0.222. The summed E-state index contributed by atoms with van der Waals surface area (Å²) in [5.41, 5.74) is 2.79. The van der Waals surface area contributed by atoms with E-state index in [0.29, 0.717) is 17.7 Å². The average Bonchev–Trinajstić information content (AvgIpc) is 3.12. The van der Waals surface area contributed by atoms with E-state index in [0.717, 1.165) is 16.1 Å². The van der Waals surface area contributed by atoms with Gasteiger partial charge in [0.15, 0.2) is 0 Å². The number of aryl methyl sites for hydroxylation is 2. The van der Waals surface area contributed by atoms with Crippen LogP contribution in [0.1, 0.15) is 23.9 Å². The normalized spacial score (nSPS) is 11.2. The lowest BCUT2D eigenvalue weighted by molar-refractivity contribution is 0.582. The number of halogens is 1. The van der Waals surface area contributed by atoms with Gasteiger partial charge in [-0.05, 0) is 43.7 Å². The van der Waals surface area contributed by atoms with Crippen molar-refractivity contribution in [2.45, 2.75) is 31.0 Å². The van der Waals surface area contributed by atoms with Crippen molar-refractivity contribution in [2.24, 2.45) is 0 Å². The molecule has 0 radical (unpaired) electrons. The molecule has 0 aliphatic heterocycles. The smallest absolute Gasteiger partial charge is 0.251 e. The first-order valence-electron chi connectivity index (χ1n) is 8.13. The Kier molecular flexibility index (Phi) is 6.94. The van der Waals surface area contributed by atoms with Crippen LogP contribution in [0.5, 0.6) is 0 Å². The van der Waals surface area contributed by atoms with Crippen LogP contribution in [0.2, 0.25) is 0 Å². The molecule has 144 valence electrons. The standard InChI is InChI=1S/C18H19N3O3S2.ClH/c1-3-13-10-15(12(2)21-18(13)22)16-7-8-17(25-16)26(23,24)20-11-14-6-4-5-9-19-14;/h4-10,20H,3,11H2,1-2H3,(H,21,22);1H. The Morgan fingerprint density at radius 2 is 2.00 bits per heavy atom. The zero-order chi connectivity index (χ0) is 18.7. The molecular formula is C18H20ClN3O3S2. The van der Waals surface area contributed by atoms with Crippen molar-refractivity contribution < 1.29 is 8.42 Å². The van der Waals surface area contributed by atoms with E-state index in [4.69, 9.17) is 0 Å². The minimum absolute atomic E-state index is 0. The van der Waals surface area contributed by atoms with Gasteiger partial charge >= 0.3 is 0 Å².